The van der Waals surface area contributed by atoms with Gasteiger partial charge in [0, 0.05) is 23.7 Å². The molecule has 2 rings (SSSR count). The molecular formula is C20H25NO4. The maximum atomic E-state index is 12.2. The van der Waals surface area contributed by atoms with Crippen molar-refractivity contribution in [1.82, 2.24) is 0 Å². The summed E-state index contributed by atoms with van der Waals surface area (Å²) in [5.74, 6) is 1.08. The molecule has 134 valence electrons. The number of rotatable bonds is 7. The quantitative estimate of drug-likeness (QED) is 0.803. The summed E-state index contributed by atoms with van der Waals surface area (Å²) in [5.41, 5.74) is 3.52. The zero-order chi connectivity index (χ0) is 18.4. The molecule has 0 bridgehead atoms. The number of methoxy groups -OCH3 is 2. The van der Waals surface area contributed by atoms with Crippen LogP contribution in [0.1, 0.15) is 35.6 Å². The zero-order valence-corrected chi connectivity index (χ0v) is 15.1. The minimum absolute atomic E-state index is 0.121. The SMILES string of the molecule is COc1ccc(C(O)CCC(=O)Nc2c(C)cccc2C)c(OC)c1. The van der Waals surface area contributed by atoms with Gasteiger partial charge in [0.25, 0.3) is 0 Å². The minimum Gasteiger partial charge on any atom is -0.497 e. The molecule has 5 heteroatoms. The van der Waals surface area contributed by atoms with Crippen LogP contribution in [0.2, 0.25) is 0 Å². The molecule has 0 heterocycles. The number of amides is 1. The lowest BCUT2D eigenvalue weighted by atomic mass is 10.0. The Morgan fingerprint density at radius 1 is 1.12 bits per heavy atom. The second kappa shape index (κ2) is 8.53. The molecule has 2 aromatic carbocycles. The Morgan fingerprint density at radius 2 is 1.80 bits per heavy atom. The Hall–Kier alpha value is -2.53. The largest absolute Gasteiger partial charge is 0.497 e. The highest BCUT2D eigenvalue weighted by atomic mass is 16.5. The lowest BCUT2D eigenvalue weighted by molar-refractivity contribution is -0.116. The number of nitrogens with one attached hydrogen (secondary N) is 1. The number of carbonyl (C=O) groups excluding carboxylic acids is 1. The molecule has 2 aromatic rings. The smallest absolute Gasteiger partial charge is 0.224 e. The van der Waals surface area contributed by atoms with Gasteiger partial charge in [0.1, 0.15) is 11.5 Å². The van der Waals surface area contributed by atoms with Gasteiger partial charge in [0.15, 0.2) is 0 Å². The fourth-order valence-electron chi connectivity index (χ4n) is 2.73. The Bertz CT molecular complexity index is 722. The minimum atomic E-state index is -0.787. The molecule has 0 aliphatic carbocycles. The first-order valence-electron chi connectivity index (χ1n) is 8.22. The lowest BCUT2D eigenvalue weighted by Gasteiger charge is -2.16. The molecule has 25 heavy (non-hydrogen) atoms. The summed E-state index contributed by atoms with van der Waals surface area (Å²) < 4.78 is 10.5. The van der Waals surface area contributed by atoms with E-state index in [1.165, 1.54) is 0 Å². The molecule has 0 aromatic heterocycles. The van der Waals surface area contributed by atoms with Gasteiger partial charge < -0.3 is 19.9 Å². The standard InChI is InChI=1S/C20H25NO4/c1-13-6-5-7-14(2)20(13)21-19(23)11-10-17(22)16-9-8-15(24-3)12-18(16)25-4/h5-9,12,17,22H,10-11H2,1-4H3,(H,21,23). The summed E-state index contributed by atoms with van der Waals surface area (Å²) in [5, 5.41) is 13.4. The van der Waals surface area contributed by atoms with E-state index in [0.717, 1.165) is 16.8 Å². The van der Waals surface area contributed by atoms with Crippen LogP contribution in [0.5, 0.6) is 11.5 Å². The van der Waals surface area contributed by atoms with Crippen molar-refractivity contribution < 1.29 is 19.4 Å². The highest BCUT2D eigenvalue weighted by Crippen LogP contribution is 2.31. The summed E-state index contributed by atoms with van der Waals surface area (Å²) >= 11 is 0. The molecule has 0 aliphatic heterocycles. The molecule has 0 spiro atoms. The van der Waals surface area contributed by atoms with E-state index < -0.39 is 6.10 Å². The molecular weight excluding hydrogens is 318 g/mol. The normalized spacial score (nSPS) is 11.7. The molecule has 5 nitrogen and oxygen atoms in total. The van der Waals surface area contributed by atoms with Crippen LogP contribution in [0.4, 0.5) is 5.69 Å². The summed E-state index contributed by atoms with van der Waals surface area (Å²) in [6.07, 6.45) is -0.270. The van der Waals surface area contributed by atoms with E-state index in [9.17, 15) is 9.90 Å². The fourth-order valence-corrected chi connectivity index (χ4v) is 2.73. The number of benzene rings is 2. The van der Waals surface area contributed by atoms with E-state index >= 15 is 0 Å². The molecule has 0 saturated carbocycles. The number of aliphatic hydroxyl groups excluding tert-OH is 1. The van der Waals surface area contributed by atoms with Crippen molar-refractivity contribution in [3.63, 3.8) is 0 Å². The van der Waals surface area contributed by atoms with E-state index in [1.54, 1.807) is 32.4 Å². The van der Waals surface area contributed by atoms with Crippen LogP contribution in [0.3, 0.4) is 0 Å². The molecule has 1 amide bonds. The van der Waals surface area contributed by atoms with Crippen LogP contribution in [-0.4, -0.2) is 25.2 Å². The summed E-state index contributed by atoms with van der Waals surface area (Å²) in [4.78, 5) is 12.2. The van der Waals surface area contributed by atoms with Gasteiger partial charge >= 0.3 is 0 Å². The lowest BCUT2D eigenvalue weighted by Crippen LogP contribution is -2.14. The maximum Gasteiger partial charge on any atom is 0.224 e. The van der Waals surface area contributed by atoms with Crippen LogP contribution in [0, 0.1) is 13.8 Å². The Labute approximate surface area is 148 Å². The van der Waals surface area contributed by atoms with E-state index in [2.05, 4.69) is 5.32 Å². The molecule has 2 N–H and O–H groups in total. The van der Waals surface area contributed by atoms with E-state index in [4.69, 9.17) is 9.47 Å². The van der Waals surface area contributed by atoms with Crippen molar-refractivity contribution in [3.05, 3.63) is 53.1 Å². The van der Waals surface area contributed by atoms with Crippen molar-refractivity contribution in [2.75, 3.05) is 19.5 Å². The van der Waals surface area contributed by atoms with Crippen LogP contribution < -0.4 is 14.8 Å². The zero-order valence-electron chi connectivity index (χ0n) is 15.1. The highest BCUT2D eigenvalue weighted by Gasteiger charge is 2.16. The molecule has 1 unspecified atom stereocenters. The molecule has 0 fully saturated rings. The topological polar surface area (TPSA) is 67.8 Å². The third-order valence-corrected chi connectivity index (χ3v) is 4.19. The van der Waals surface area contributed by atoms with Crippen molar-refractivity contribution in [1.29, 1.82) is 0 Å². The van der Waals surface area contributed by atoms with Crippen molar-refractivity contribution >= 4 is 11.6 Å². The van der Waals surface area contributed by atoms with Gasteiger partial charge in [0.05, 0.1) is 20.3 Å². The van der Waals surface area contributed by atoms with Crippen LogP contribution >= 0.6 is 0 Å². The third kappa shape index (κ3) is 4.73. The highest BCUT2D eigenvalue weighted by molar-refractivity contribution is 5.92. The fraction of sp³-hybridized carbons (Fsp3) is 0.350. The van der Waals surface area contributed by atoms with Gasteiger partial charge in [0.2, 0.25) is 5.91 Å². The number of para-hydroxylation sites is 1. The Kier molecular flexibility index (Phi) is 6.42. The number of ether oxygens (including phenoxy) is 2. The maximum absolute atomic E-state index is 12.2. The second-order valence-electron chi connectivity index (χ2n) is 5.98. The average Bonchev–Trinajstić information content (AvgIpc) is 2.62. The molecule has 0 radical (unpaired) electrons. The third-order valence-electron chi connectivity index (χ3n) is 4.19. The van der Waals surface area contributed by atoms with Crippen molar-refractivity contribution in [2.45, 2.75) is 32.8 Å². The number of anilines is 1. The van der Waals surface area contributed by atoms with Gasteiger partial charge in [-0.05, 0) is 43.5 Å². The number of carbonyl (C=O) groups is 1. The predicted molar refractivity (Wildman–Crippen MR) is 98.3 cm³/mol. The monoisotopic (exact) mass is 343 g/mol. The van der Waals surface area contributed by atoms with E-state index in [0.29, 0.717) is 23.5 Å². The summed E-state index contributed by atoms with van der Waals surface area (Å²) in [7, 11) is 3.11. The first-order chi connectivity index (χ1) is 12.0. The number of hydrogen-bond donors (Lipinski definition) is 2. The van der Waals surface area contributed by atoms with Crippen molar-refractivity contribution in [2.24, 2.45) is 0 Å². The summed E-state index contributed by atoms with van der Waals surface area (Å²) in [6, 6.07) is 11.1. The van der Waals surface area contributed by atoms with Crippen LogP contribution in [0.25, 0.3) is 0 Å². The van der Waals surface area contributed by atoms with Gasteiger partial charge in [-0.3, -0.25) is 4.79 Å². The number of hydrogen-bond acceptors (Lipinski definition) is 4. The number of aliphatic hydroxyl groups is 1. The average molecular weight is 343 g/mol. The second-order valence-corrected chi connectivity index (χ2v) is 5.98. The van der Waals surface area contributed by atoms with Crippen molar-refractivity contribution in [3.8, 4) is 11.5 Å². The molecule has 0 aliphatic rings. The molecule has 0 saturated heterocycles. The first kappa shape index (κ1) is 18.8. The Morgan fingerprint density at radius 3 is 2.40 bits per heavy atom. The van der Waals surface area contributed by atoms with Gasteiger partial charge in [-0.2, -0.15) is 0 Å². The molecule has 1 atom stereocenters. The van der Waals surface area contributed by atoms with Crippen LogP contribution in [-0.2, 0) is 4.79 Å². The number of aryl methyl sites for hydroxylation is 2. The predicted octanol–water partition coefficient (Wildman–Crippen LogP) is 3.77. The first-order valence-corrected chi connectivity index (χ1v) is 8.22. The Balaban J connectivity index is 2.00. The van der Waals surface area contributed by atoms with Crippen LogP contribution in [0.15, 0.2) is 36.4 Å². The van der Waals surface area contributed by atoms with E-state index in [-0.39, 0.29) is 12.3 Å². The van der Waals surface area contributed by atoms with Gasteiger partial charge in [-0.1, -0.05) is 18.2 Å². The summed E-state index contributed by atoms with van der Waals surface area (Å²) in [6.45, 7) is 3.92. The van der Waals surface area contributed by atoms with Gasteiger partial charge in [-0.15, -0.1) is 0 Å². The van der Waals surface area contributed by atoms with E-state index in [1.807, 2.05) is 32.0 Å². The van der Waals surface area contributed by atoms with Gasteiger partial charge in [-0.25, -0.2) is 0 Å².